The predicted molar refractivity (Wildman–Crippen MR) is 53.1 cm³/mol. The summed E-state index contributed by atoms with van der Waals surface area (Å²) in [5.74, 6) is 0.557. The first-order chi connectivity index (χ1) is 7.20. The van der Waals surface area contributed by atoms with Gasteiger partial charge in [0, 0.05) is 13.1 Å². The Labute approximate surface area is 86.6 Å². The number of nitrogens with one attached hydrogen (secondary N) is 1. The number of carbonyl (C=O) groups excluding carboxylic acids is 1. The van der Waals surface area contributed by atoms with Gasteiger partial charge in [0.05, 0.1) is 13.0 Å². The molecule has 2 heterocycles. The summed E-state index contributed by atoms with van der Waals surface area (Å²) < 4.78 is 4.68. The molecule has 0 spiro atoms. The topological polar surface area (TPSA) is 97.1 Å². The van der Waals surface area contributed by atoms with Gasteiger partial charge in [-0.1, -0.05) is 0 Å². The van der Waals surface area contributed by atoms with Gasteiger partial charge in [-0.2, -0.15) is 4.98 Å². The Morgan fingerprint density at radius 3 is 3.13 bits per heavy atom. The van der Waals surface area contributed by atoms with Crippen molar-refractivity contribution >= 4 is 17.9 Å². The number of methoxy groups -OCH3 is 1. The Hall–Kier alpha value is -1.79. The van der Waals surface area contributed by atoms with Gasteiger partial charge in [0.25, 0.3) is 0 Å². The molecule has 0 aliphatic carbocycles. The molecule has 3 N–H and O–H groups in total. The van der Waals surface area contributed by atoms with Crippen LogP contribution in [0, 0.1) is 5.92 Å². The first-order valence-electron chi connectivity index (χ1n) is 4.71. The summed E-state index contributed by atoms with van der Waals surface area (Å²) in [4.78, 5) is 17.2. The number of ether oxygens (including phenoxy) is 1. The first kappa shape index (κ1) is 9.75. The zero-order valence-electron chi connectivity index (χ0n) is 8.43. The summed E-state index contributed by atoms with van der Waals surface area (Å²) in [6.07, 6.45) is 0.765. The lowest BCUT2D eigenvalue weighted by atomic mass is 10.1. The van der Waals surface area contributed by atoms with E-state index in [0.29, 0.717) is 12.5 Å². The van der Waals surface area contributed by atoms with E-state index in [4.69, 9.17) is 5.73 Å². The van der Waals surface area contributed by atoms with E-state index in [1.54, 1.807) is 0 Å². The number of hydrogen-bond acceptors (Lipinski definition) is 6. The maximum absolute atomic E-state index is 11.3. The number of carbonyl (C=O) groups is 1. The lowest BCUT2D eigenvalue weighted by molar-refractivity contribution is -0.144. The van der Waals surface area contributed by atoms with Gasteiger partial charge in [0.1, 0.15) is 0 Å². The number of hydrogen-bond donors (Lipinski definition) is 2. The van der Waals surface area contributed by atoms with Crippen LogP contribution in [-0.2, 0) is 9.53 Å². The summed E-state index contributed by atoms with van der Waals surface area (Å²) in [7, 11) is 1.40. The van der Waals surface area contributed by atoms with Crippen LogP contribution in [-0.4, -0.2) is 41.3 Å². The van der Waals surface area contributed by atoms with Crippen LogP contribution in [0.3, 0.4) is 0 Å². The smallest absolute Gasteiger partial charge is 0.310 e. The fraction of sp³-hybridized carbons (Fsp3) is 0.625. The molecule has 1 fully saturated rings. The maximum Gasteiger partial charge on any atom is 0.310 e. The zero-order chi connectivity index (χ0) is 10.8. The highest BCUT2D eigenvalue weighted by Crippen LogP contribution is 2.21. The zero-order valence-corrected chi connectivity index (χ0v) is 8.43. The molecule has 1 atom stereocenters. The maximum atomic E-state index is 11.3. The SMILES string of the molecule is COC(=O)C1CCN(c2n[nH]c(N)n2)C1. The minimum atomic E-state index is -0.180. The molecule has 7 nitrogen and oxygen atoms in total. The molecule has 1 aliphatic heterocycles. The van der Waals surface area contributed by atoms with Crippen molar-refractivity contribution in [2.45, 2.75) is 6.42 Å². The Morgan fingerprint density at radius 2 is 2.53 bits per heavy atom. The molecule has 1 aromatic rings. The average molecular weight is 211 g/mol. The lowest BCUT2D eigenvalue weighted by Gasteiger charge is -2.12. The lowest BCUT2D eigenvalue weighted by Crippen LogP contribution is -2.24. The number of nitrogens with two attached hydrogens (primary N) is 1. The molecular weight excluding hydrogens is 198 g/mol. The number of aromatic nitrogens is 3. The van der Waals surface area contributed by atoms with Crippen molar-refractivity contribution in [1.29, 1.82) is 0 Å². The molecule has 0 saturated carbocycles. The third-order valence-corrected chi connectivity index (χ3v) is 2.50. The van der Waals surface area contributed by atoms with Gasteiger partial charge >= 0.3 is 5.97 Å². The van der Waals surface area contributed by atoms with E-state index >= 15 is 0 Å². The Balaban J connectivity index is 2.01. The van der Waals surface area contributed by atoms with Gasteiger partial charge in [-0.15, -0.1) is 5.10 Å². The van der Waals surface area contributed by atoms with Crippen molar-refractivity contribution in [2.24, 2.45) is 5.92 Å². The second-order valence-electron chi connectivity index (χ2n) is 3.48. The van der Waals surface area contributed by atoms with Crippen molar-refractivity contribution in [2.75, 3.05) is 30.8 Å². The van der Waals surface area contributed by atoms with E-state index < -0.39 is 0 Å². The second kappa shape index (κ2) is 3.76. The molecule has 82 valence electrons. The fourth-order valence-electron chi connectivity index (χ4n) is 1.71. The summed E-state index contributed by atoms with van der Waals surface area (Å²) in [6.45, 7) is 1.33. The van der Waals surface area contributed by atoms with Crippen molar-refractivity contribution in [1.82, 2.24) is 15.2 Å². The molecule has 0 radical (unpaired) electrons. The number of H-pyrrole nitrogens is 1. The molecular formula is C8H13N5O2. The molecule has 0 bridgehead atoms. The van der Waals surface area contributed by atoms with E-state index in [-0.39, 0.29) is 17.8 Å². The first-order valence-corrected chi connectivity index (χ1v) is 4.71. The number of nitrogen functional groups attached to an aromatic ring is 1. The minimum Gasteiger partial charge on any atom is -0.469 e. The Morgan fingerprint density at radius 1 is 1.73 bits per heavy atom. The van der Waals surface area contributed by atoms with Gasteiger partial charge in [0.2, 0.25) is 11.9 Å². The van der Waals surface area contributed by atoms with Crippen molar-refractivity contribution in [3.05, 3.63) is 0 Å². The van der Waals surface area contributed by atoms with Gasteiger partial charge in [-0.05, 0) is 6.42 Å². The van der Waals surface area contributed by atoms with Crippen LogP contribution in [0.4, 0.5) is 11.9 Å². The number of nitrogens with zero attached hydrogens (tertiary/aromatic N) is 3. The summed E-state index contributed by atoms with van der Waals surface area (Å²) in [5, 5.41) is 6.49. The number of aromatic amines is 1. The van der Waals surface area contributed by atoms with Crippen LogP contribution in [0.25, 0.3) is 0 Å². The number of rotatable bonds is 2. The Kier molecular flexibility index (Phi) is 2.44. The third kappa shape index (κ3) is 1.85. The van der Waals surface area contributed by atoms with Crippen LogP contribution < -0.4 is 10.6 Å². The molecule has 0 aromatic carbocycles. The third-order valence-electron chi connectivity index (χ3n) is 2.50. The van der Waals surface area contributed by atoms with Gasteiger partial charge in [-0.25, -0.2) is 5.10 Å². The van der Waals surface area contributed by atoms with Crippen LogP contribution in [0.1, 0.15) is 6.42 Å². The molecule has 7 heteroatoms. The minimum absolute atomic E-state index is 0.0882. The van der Waals surface area contributed by atoms with Crippen molar-refractivity contribution in [3.8, 4) is 0 Å². The molecule has 0 amide bonds. The normalized spacial score (nSPS) is 20.6. The molecule has 1 aliphatic rings. The van der Waals surface area contributed by atoms with Gasteiger partial charge < -0.3 is 15.4 Å². The summed E-state index contributed by atoms with van der Waals surface area (Å²) in [6, 6.07) is 0. The quantitative estimate of drug-likeness (QED) is 0.633. The summed E-state index contributed by atoms with van der Waals surface area (Å²) >= 11 is 0. The molecule has 15 heavy (non-hydrogen) atoms. The van der Waals surface area contributed by atoms with E-state index in [1.807, 2.05) is 4.90 Å². The highest BCUT2D eigenvalue weighted by atomic mass is 16.5. The van der Waals surface area contributed by atoms with Gasteiger partial charge in [-0.3, -0.25) is 4.79 Å². The van der Waals surface area contributed by atoms with Crippen molar-refractivity contribution in [3.63, 3.8) is 0 Å². The predicted octanol–water partition coefficient (Wildman–Crippen LogP) is -0.614. The van der Waals surface area contributed by atoms with Crippen LogP contribution in [0.15, 0.2) is 0 Å². The Bertz CT molecular complexity index is 364. The molecule has 1 unspecified atom stereocenters. The standard InChI is InChI=1S/C8H13N5O2/c1-15-6(14)5-2-3-13(4-5)8-10-7(9)11-12-8/h5H,2-4H2,1H3,(H3,9,10,11,12). The van der Waals surface area contributed by atoms with E-state index in [0.717, 1.165) is 13.0 Å². The largest absolute Gasteiger partial charge is 0.469 e. The second-order valence-corrected chi connectivity index (χ2v) is 3.48. The van der Waals surface area contributed by atoms with E-state index in [1.165, 1.54) is 7.11 Å². The van der Waals surface area contributed by atoms with E-state index in [2.05, 4.69) is 19.9 Å². The van der Waals surface area contributed by atoms with Gasteiger partial charge in [0.15, 0.2) is 0 Å². The van der Waals surface area contributed by atoms with Crippen LogP contribution in [0.2, 0.25) is 0 Å². The van der Waals surface area contributed by atoms with Crippen molar-refractivity contribution < 1.29 is 9.53 Å². The summed E-state index contributed by atoms with van der Waals surface area (Å²) in [5.41, 5.74) is 5.42. The molecule has 1 saturated heterocycles. The van der Waals surface area contributed by atoms with E-state index in [9.17, 15) is 4.79 Å². The average Bonchev–Trinajstić information content (AvgIpc) is 2.84. The molecule has 1 aromatic heterocycles. The van der Waals surface area contributed by atoms with Crippen LogP contribution >= 0.6 is 0 Å². The monoisotopic (exact) mass is 211 g/mol. The highest BCUT2D eigenvalue weighted by Gasteiger charge is 2.30. The number of anilines is 2. The highest BCUT2D eigenvalue weighted by molar-refractivity contribution is 5.73. The molecule has 2 rings (SSSR count). The number of esters is 1. The van der Waals surface area contributed by atoms with Crippen LogP contribution in [0.5, 0.6) is 0 Å². The fourth-order valence-corrected chi connectivity index (χ4v) is 1.71.